The molecular formula is C14H11BrFNO2. The fourth-order valence-corrected chi connectivity index (χ4v) is 1.94. The van der Waals surface area contributed by atoms with Gasteiger partial charge < -0.3 is 10.1 Å². The standard InChI is InChI=1S/C14H11BrFNO2/c1-19-9-6-7-10(12(16)8-9)14(18)17-13-5-3-2-4-11(13)15/h2-8H,1H3,(H,17,18). The summed E-state index contributed by atoms with van der Waals surface area (Å²) in [5.41, 5.74) is 0.555. The highest BCUT2D eigenvalue weighted by Gasteiger charge is 2.13. The molecule has 5 heteroatoms. The van der Waals surface area contributed by atoms with E-state index < -0.39 is 11.7 Å². The summed E-state index contributed by atoms with van der Waals surface area (Å²) < 4.78 is 19.4. The number of methoxy groups -OCH3 is 1. The molecule has 2 aromatic carbocycles. The summed E-state index contributed by atoms with van der Waals surface area (Å²) >= 11 is 3.31. The van der Waals surface area contributed by atoms with Crippen LogP contribution in [-0.2, 0) is 0 Å². The molecule has 0 aliphatic rings. The number of halogens is 2. The van der Waals surface area contributed by atoms with E-state index in [2.05, 4.69) is 21.2 Å². The summed E-state index contributed by atoms with van der Waals surface area (Å²) in [6.45, 7) is 0. The largest absolute Gasteiger partial charge is 0.497 e. The van der Waals surface area contributed by atoms with Crippen molar-refractivity contribution in [3.8, 4) is 5.75 Å². The van der Waals surface area contributed by atoms with Gasteiger partial charge in [0.2, 0.25) is 0 Å². The van der Waals surface area contributed by atoms with Crippen molar-refractivity contribution in [2.45, 2.75) is 0 Å². The maximum atomic E-state index is 13.7. The minimum absolute atomic E-state index is 0.0310. The average molecular weight is 324 g/mol. The second-order valence-corrected chi connectivity index (χ2v) is 4.63. The Morgan fingerprint density at radius 3 is 2.63 bits per heavy atom. The van der Waals surface area contributed by atoms with Gasteiger partial charge in [-0.15, -0.1) is 0 Å². The van der Waals surface area contributed by atoms with E-state index in [9.17, 15) is 9.18 Å². The first-order valence-electron chi connectivity index (χ1n) is 5.51. The van der Waals surface area contributed by atoms with Crippen molar-refractivity contribution in [1.29, 1.82) is 0 Å². The van der Waals surface area contributed by atoms with Gasteiger partial charge in [-0.3, -0.25) is 4.79 Å². The Morgan fingerprint density at radius 1 is 1.26 bits per heavy atom. The van der Waals surface area contributed by atoms with Crippen molar-refractivity contribution in [1.82, 2.24) is 0 Å². The lowest BCUT2D eigenvalue weighted by atomic mass is 10.2. The number of hydrogen-bond donors (Lipinski definition) is 1. The Bertz CT molecular complexity index is 616. The maximum Gasteiger partial charge on any atom is 0.258 e. The molecule has 19 heavy (non-hydrogen) atoms. The van der Waals surface area contributed by atoms with Crippen LogP contribution in [-0.4, -0.2) is 13.0 Å². The van der Waals surface area contributed by atoms with Crippen LogP contribution in [0.15, 0.2) is 46.9 Å². The quantitative estimate of drug-likeness (QED) is 0.931. The van der Waals surface area contributed by atoms with Crippen molar-refractivity contribution in [2.75, 3.05) is 12.4 Å². The monoisotopic (exact) mass is 323 g/mol. The molecule has 0 fully saturated rings. The second-order valence-electron chi connectivity index (χ2n) is 3.78. The number of para-hydroxylation sites is 1. The maximum absolute atomic E-state index is 13.7. The highest BCUT2D eigenvalue weighted by atomic mass is 79.9. The van der Waals surface area contributed by atoms with Crippen molar-refractivity contribution < 1.29 is 13.9 Å². The molecule has 0 aliphatic heterocycles. The van der Waals surface area contributed by atoms with Gasteiger partial charge in [0.25, 0.3) is 5.91 Å². The SMILES string of the molecule is COc1ccc(C(=O)Nc2ccccc2Br)c(F)c1. The number of amides is 1. The summed E-state index contributed by atoms with van der Waals surface area (Å²) in [5.74, 6) is -0.758. The molecule has 0 saturated heterocycles. The Kier molecular flexibility index (Phi) is 4.16. The first-order valence-corrected chi connectivity index (χ1v) is 6.30. The number of nitrogens with one attached hydrogen (secondary N) is 1. The highest BCUT2D eigenvalue weighted by molar-refractivity contribution is 9.10. The topological polar surface area (TPSA) is 38.3 Å². The van der Waals surface area contributed by atoms with Crippen LogP contribution in [0.3, 0.4) is 0 Å². The number of anilines is 1. The summed E-state index contributed by atoms with van der Waals surface area (Å²) in [6.07, 6.45) is 0. The molecule has 0 bridgehead atoms. The van der Waals surface area contributed by atoms with E-state index in [4.69, 9.17) is 4.74 Å². The van der Waals surface area contributed by atoms with E-state index in [1.807, 2.05) is 6.07 Å². The second kappa shape index (κ2) is 5.84. The van der Waals surface area contributed by atoms with Crippen molar-refractivity contribution in [3.63, 3.8) is 0 Å². The molecule has 0 radical (unpaired) electrons. The smallest absolute Gasteiger partial charge is 0.258 e. The molecule has 0 unspecified atom stereocenters. The van der Waals surface area contributed by atoms with Gasteiger partial charge >= 0.3 is 0 Å². The zero-order valence-corrected chi connectivity index (χ0v) is 11.7. The average Bonchev–Trinajstić information content (AvgIpc) is 2.41. The van der Waals surface area contributed by atoms with Crippen LogP contribution in [0.5, 0.6) is 5.75 Å². The van der Waals surface area contributed by atoms with Gasteiger partial charge in [0.1, 0.15) is 11.6 Å². The first-order chi connectivity index (χ1) is 9.11. The summed E-state index contributed by atoms with van der Waals surface area (Å²) in [7, 11) is 1.44. The van der Waals surface area contributed by atoms with Gasteiger partial charge in [0.05, 0.1) is 18.4 Å². The summed E-state index contributed by atoms with van der Waals surface area (Å²) in [5, 5.41) is 2.64. The lowest BCUT2D eigenvalue weighted by molar-refractivity contribution is 0.102. The fraction of sp³-hybridized carbons (Fsp3) is 0.0714. The molecule has 0 aromatic heterocycles. The molecule has 2 rings (SSSR count). The van der Waals surface area contributed by atoms with Gasteiger partial charge in [-0.05, 0) is 40.2 Å². The lowest BCUT2D eigenvalue weighted by Crippen LogP contribution is -2.14. The van der Waals surface area contributed by atoms with Crippen molar-refractivity contribution in [3.05, 3.63) is 58.3 Å². The van der Waals surface area contributed by atoms with E-state index in [0.29, 0.717) is 11.4 Å². The first kappa shape index (κ1) is 13.5. The van der Waals surface area contributed by atoms with E-state index >= 15 is 0 Å². The van der Waals surface area contributed by atoms with E-state index in [1.165, 1.54) is 25.3 Å². The Morgan fingerprint density at radius 2 is 2.00 bits per heavy atom. The Labute approximate surface area is 118 Å². The Hall–Kier alpha value is -1.88. The molecular weight excluding hydrogens is 313 g/mol. The predicted molar refractivity (Wildman–Crippen MR) is 75.0 cm³/mol. The number of carbonyl (C=O) groups excluding carboxylic acids is 1. The van der Waals surface area contributed by atoms with Crippen LogP contribution in [0.4, 0.5) is 10.1 Å². The molecule has 0 aliphatic carbocycles. The van der Waals surface area contributed by atoms with E-state index in [0.717, 1.165) is 4.47 Å². The zero-order chi connectivity index (χ0) is 13.8. The summed E-state index contributed by atoms with van der Waals surface area (Å²) in [6, 6.07) is 11.2. The van der Waals surface area contributed by atoms with Crippen molar-refractivity contribution >= 4 is 27.5 Å². The molecule has 1 amide bonds. The van der Waals surface area contributed by atoms with Gasteiger partial charge in [0, 0.05) is 10.5 Å². The number of ether oxygens (including phenoxy) is 1. The van der Waals surface area contributed by atoms with Gasteiger partial charge in [-0.1, -0.05) is 12.1 Å². The van der Waals surface area contributed by atoms with Crippen LogP contribution >= 0.6 is 15.9 Å². The highest BCUT2D eigenvalue weighted by Crippen LogP contribution is 2.23. The van der Waals surface area contributed by atoms with Gasteiger partial charge in [-0.25, -0.2) is 4.39 Å². The number of benzene rings is 2. The Balaban J connectivity index is 2.23. The van der Waals surface area contributed by atoms with Crippen LogP contribution in [0, 0.1) is 5.82 Å². The van der Waals surface area contributed by atoms with Gasteiger partial charge in [0.15, 0.2) is 0 Å². The van der Waals surface area contributed by atoms with Crippen LogP contribution in [0.25, 0.3) is 0 Å². The van der Waals surface area contributed by atoms with Crippen LogP contribution in [0.1, 0.15) is 10.4 Å². The zero-order valence-electron chi connectivity index (χ0n) is 10.1. The molecule has 2 aromatic rings. The molecule has 3 nitrogen and oxygen atoms in total. The minimum Gasteiger partial charge on any atom is -0.497 e. The fourth-order valence-electron chi connectivity index (χ4n) is 1.56. The molecule has 0 heterocycles. The number of carbonyl (C=O) groups is 1. The molecule has 0 saturated carbocycles. The van der Waals surface area contributed by atoms with Crippen molar-refractivity contribution in [2.24, 2.45) is 0 Å². The molecule has 0 spiro atoms. The predicted octanol–water partition coefficient (Wildman–Crippen LogP) is 3.85. The van der Waals surface area contributed by atoms with Crippen LogP contribution in [0.2, 0.25) is 0 Å². The lowest BCUT2D eigenvalue weighted by Gasteiger charge is -2.08. The molecule has 98 valence electrons. The molecule has 1 N–H and O–H groups in total. The van der Waals surface area contributed by atoms with E-state index in [1.54, 1.807) is 18.2 Å². The summed E-state index contributed by atoms with van der Waals surface area (Å²) in [4.78, 5) is 12.0. The third kappa shape index (κ3) is 3.12. The number of rotatable bonds is 3. The van der Waals surface area contributed by atoms with E-state index in [-0.39, 0.29) is 5.56 Å². The third-order valence-electron chi connectivity index (χ3n) is 2.54. The minimum atomic E-state index is -0.621. The third-order valence-corrected chi connectivity index (χ3v) is 3.23. The van der Waals surface area contributed by atoms with Gasteiger partial charge in [-0.2, -0.15) is 0 Å². The van der Waals surface area contributed by atoms with Crippen LogP contribution < -0.4 is 10.1 Å². The normalized spacial score (nSPS) is 10.1. The number of hydrogen-bond acceptors (Lipinski definition) is 2. The molecule has 0 atom stereocenters.